The number of nitrogens with zero attached hydrogens (tertiary/aromatic N) is 1. The molecular formula is C27H31N3O8. The Morgan fingerprint density at radius 1 is 1.13 bits per heavy atom. The highest BCUT2D eigenvalue weighted by atomic mass is 16.3. The molecule has 5 rings (SSSR count). The second-order valence-electron chi connectivity index (χ2n) is 11.1. The van der Waals surface area contributed by atoms with Crippen molar-refractivity contribution in [2.75, 3.05) is 19.0 Å². The van der Waals surface area contributed by atoms with Gasteiger partial charge in [0, 0.05) is 44.1 Å². The molecule has 1 aromatic rings. The molecule has 202 valence electrons. The quantitative estimate of drug-likeness (QED) is 0.283. The fourth-order valence-electron chi connectivity index (χ4n) is 6.22. The molecule has 11 nitrogen and oxygen atoms in total. The van der Waals surface area contributed by atoms with Gasteiger partial charge >= 0.3 is 0 Å². The Hall–Kier alpha value is -3.70. The second-order valence-corrected chi connectivity index (χ2v) is 11.1. The average Bonchev–Trinajstić information content (AvgIpc) is 3.58. The van der Waals surface area contributed by atoms with Gasteiger partial charge in [-0.15, -0.1) is 0 Å². The molecule has 38 heavy (non-hydrogen) atoms. The number of fused-ring (bicyclic) bond motifs is 3. The number of ketones is 3. The van der Waals surface area contributed by atoms with Crippen molar-refractivity contribution in [1.82, 2.24) is 0 Å². The Kier molecular flexibility index (Phi) is 5.73. The summed E-state index contributed by atoms with van der Waals surface area (Å²) >= 11 is 0. The molecule has 0 radical (unpaired) electrons. The molecule has 1 aromatic carbocycles. The molecule has 0 spiro atoms. The molecule has 0 saturated heterocycles. The van der Waals surface area contributed by atoms with Gasteiger partial charge in [0.05, 0.1) is 11.1 Å². The standard InChI is InChI=1S/C27H31N3O8/c1-30(2)15-9-11(3-4-17(32)26(29)5-6-26)21(33)19-14(15)8-12-7-13-10-16(31)20(25(28)37)24(36)27(13,38)23(35)18(12)22(19)34/h9,12-13,33-34,36,38H,3-8,10,29H2,1-2H3,(H2,28,37)/t12-,13+,27+/m1/s1. The summed E-state index contributed by atoms with van der Waals surface area (Å²) < 4.78 is 0. The first kappa shape index (κ1) is 25.9. The molecule has 0 aliphatic heterocycles. The van der Waals surface area contributed by atoms with Gasteiger partial charge in [-0.25, -0.2) is 0 Å². The number of phenolic OH excluding ortho intramolecular Hbond substituents is 1. The van der Waals surface area contributed by atoms with Gasteiger partial charge in [0.1, 0.15) is 22.8 Å². The minimum atomic E-state index is -2.61. The number of anilines is 1. The normalized spacial score (nSPS) is 27.5. The lowest BCUT2D eigenvalue weighted by atomic mass is 9.59. The van der Waals surface area contributed by atoms with Crippen LogP contribution in [0.25, 0.3) is 5.76 Å². The van der Waals surface area contributed by atoms with Gasteiger partial charge in [0.25, 0.3) is 5.91 Å². The number of nitrogens with two attached hydrogens (primary N) is 2. The Morgan fingerprint density at radius 3 is 2.37 bits per heavy atom. The van der Waals surface area contributed by atoms with Crippen LogP contribution in [0.1, 0.15) is 48.8 Å². The molecule has 11 heteroatoms. The van der Waals surface area contributed by atoms with Crippen molar-refractivity contribution in [2.24, 2.45) is 23.3 Å². The lowest BCUT2D eigenvalue weighted by Crippen LogP contribution is -2.58. The minimum Gasteiger partial charge on any atom is -0.508 e. The fraction of sp³-hybridized carbons (Fsp3) is 0.481. The molecular weight excluding hydrogens is 494 g/mol. The maximum Gasteiger partial charge on any atom is 0.255 e. The van der Waals surface area contributed by atoms with E-state index < -0.39 is 57.5 Å². The largest absolute Gasteiger partial charge is 0.508 e. The van der Waals surface area contributed by atoms with Crippen molar-refractivity contribution in [2.45, 2.75) is 56.1 Å². The van der Waals surface area contributed by atoms with Crippen LogP contribution in [0.4, 0.5) is 5.69 Å². The number of Topliss-reactive ketones (excluding diaryl/α,β-unsaturated/α-hetero) is 3. The Balaban J connectivity index is 1.63. The van der Waals surface area contributed by atoms with Crippen LogP contribution in [-0.4, -0.2) is 68.9 Å². The highest BCUT2D eigenvalue weighted by molar-refractivity contribution is 6.22. The number of carbonyl (C=O) groups is 4. The molecule has 2 fully saturated rings. The van der Waals surface area contributed by atoms with Gasteiger partial charge in [-0.2, -0.15) is 0 Å². The van der Waals surface area contributed by atoms with E-state index in [-0.39, 0.29) is 54.8 Å². The van der Waals surface area contributed by atoms with Crippen LogP contribution >= 0.6 is 0 Å². The van der Waals surface area contributed by atoms with E-state index in [1.807, 2.05) is 0 Å². The number of hydrogen-bond donors (Lipinski definition) is 6. The van der Waals surface area contributed by atoms with Gasteiger partial charge in [-0.1, -0.05) is 0 Å². The van der Waals surface area contributed by atoms with E-state index in [1.165, 1.54) is 0 Å². The van der Waals surface area contributed by atoms with Crippen LogP contribution in [0.5, 0.6) is 5.75 Å². The summed E-state index contributed by atoms with van der Waals surface area (Å²) in [7, 11) is 3.57. The molecule has 0 aromatic heterocycles. The number of hydrogen-bond acceptors (Lipinski definition) is 10. The summed E-state index contributed by atoms with van der Waals surface area (Å²) in [6.45, 7) is 0. The molecule has 0 bridgehead atoms. The molecule has 3 atom stereocenters. The Bertz CT molecular complexity index is 1390. The zero-order valence-corrected chi connectivity index (χ0v) is 21.2. The van der Waals surface area contributed by atoms with Crippen LogP contribution in [0.15, 0.2) is 23.0 Å². The van der Waals surface area contributed by atoms with Crippen molar-refractivity contribution < 1.29 is 39.6 Å². The first-order chi connectivity index (χ1) is 17.7. The monoisotopic (exact) mass is 525 g/mol. The molecule has 0 heterocycles. The number of phenols is 1. The zero-order chi connectivity index (χ0) is 27.9. The molecule has 8 N–H and O–H groups in total. The first-order valence-electron chi connectivity index (χ1n) is 12.6. The number of rotatable bonds is 6. The molecule has 0 unspecified atom stereocenters. The number of amides is 1. The van der Waals surface area contributed by atoms with E-state index in [2.05, 4.69) is 0 Å². The first-order valence-corrected chi connectivity index (χ1v) is 12.6. The topological polar surface area (TPSA) is 204 Å². The number of benzene rings is 1. The highest BCUT2D eigenvalue weighted by Crippen LogP contribution is 2.53. The Labute approximate surface area is 218 Å². The van der Waals surface area contributed by atoms with Crippen LogP contribution in [0, 0.1) is 11.8 Å². The van der Waals surface area contributed by atoms with E-state index in [4.69, 9.17) is 11.5 Å². The maximum atomic E-state index is 13.7. The zero-order valence-electron chi connectivity index (χ0n) is 21.2. The third kappa shape index (κ3) is 3.56. The summed E-state index contributed by atoms with van der Waals surface area (Å²) in [5, 5.41) is 44.7. The fourth-order valence-corrected chi connectivity index (χ4v) is 6.22. The lowest BCUT2D eigenvalue weighted by Gasteiger charge is -2.46. The van der Waals surface area contributed by atoms with Crippen molar-refractivity contribution in [1.29, 1.82) is 0 Å². The summed E-state index contributed by atoms with van der Waals surface area (Å²) in [5.41, 5.74) is 8.42. The number of aliphatic hydroxyl groups excluding tert-OH is 2. The van der Waals surface area contributed by atoms with Crippen LogP contribution in [0.3, 0.4) is 0 Å². The third-order valence-electron chi connectivity index (χ3n) is 8.57. The van der Waals surface area contributed by atoms with E-state index >= 15 is 0 Å². The van der Waals surface area contributed by atoms with Crippen molar-refractivity contribution in [3.63, 3.8) is 0 Å². The van der Waals surface area contributed by atoms with Crippen LogP contribution in [0.2, 0.25) is 0 Å². The van der Waals surface area contributed by atoms with E-state index in [9.17, 15) is 39.6 Å². The smallest absolute Gasteiger partial charge is 0.255 e. The SMILES string of the molecule is CN(C)c1cc(CCC(=O)C2(N)CC2)c(O)c2c1C[C@H]1C[C@H]3CC(=O)C(C(N)=O)=C(O)[C@@]3(O)C(=O)C1=C2O. The minimum absolute atomic E-state index is 0.0136. The molecule has 4 aliphatic rings. The van der Waals surface area contributed by atoms with Gasteiger partial charge in [0.2, 0.25) is 5.78 Å². The predicted octanol–water partition coefficient (Wildman–Crippen LogP) is 0.483. The number of aryl methyl sites for hydroxylation is 1. The van der Waals surface area contributed by atoms with Crippen molar-refractivity contribution >= 4 is 34.7 Å². The Morgan fingerprint density at radius 2 is 1.79 bits per heavy atom. The van der Waals surface area contributed by atoms with Crippen molar-refractivity contribution in [3.8, 4) is 5.75 Å². The van der Waals surface area contributed by atoms with Crippen molar-refractivity contribution in [3.05, 3.63) is 39.7 Å². The third-order valence-corrected chi connectivity index (χ3v) is 8.57. The average molecular weight is 526 g/mol. The molecule has 1 amide bonds. The summed E-state index contributed by atoms with van der Waals surface area (Å²) in [6.07, 6.45) is 1.40. The van der Waals surface area contributed by atoms with Gasteiger partial charge < -0.3 is 36.8 Å². The van der Waals surface area contributed by atoms with Crippen LogP contribution in [-0.2, 0) is 32.0 Å². The van der Waals surface area contributed by atoms with E-state index in [1.54, 1.807) is 25.1 Å². The number of primary amides is 1. The highest BCUT2D eigenvalue weighted by Gasteiger charge is 2.60. The van der Waals surface area contributed by atoms with Gasteiger partial charge in [-0.05, 0) is 55.2 Å². The van der Waals surface area contributed by atoms with Crippen LogP contribution < -0.4 is 16.4 Å². The molecule has 2 saturated carbocycles. The molecule has 4 aliphatic carbocycles. The maximum absolute atomic E-state index is 13.7. The summed E-state index contributed by atoms with van der Waals surface area (Å²) in [6, 6.07) is 1.74. The second kappa shape index (κ2) is 8.40. The van der Waals surface area contributed by atoms with Gasteiger partial charge in [-0.3, -0.25) is 19.2 Å². The summed E-state index contributed by atoms with van der Waals surface area (Å²) in [4.78, 5) is 52.3. The number of carbonyl (C=O) groups excluding carboxylic acids is 4. The summed E-state index contributed by atoms with van der Waals surface area (Å²) in [5.74, 6) is -6.78. The van der Waals surface area contributed by atoms with Gasteiger partial charge in [0.15, 0.2) is 17.2 Å². The van der Waals surface area contributed by atoms with E-state index in [0.717, 1.165) is 0 Å². The van der Waals surface area contributed by atoms with E-state index in [0.29, 0.717) is 29.7 Å². The number of aliphatic hydroxyl groups is 3. The number of aromatic hydroxyl groups is 1. The lowest BCUT2D eigenvalue weighted by molar-refractivity contribution is -0.147. The predicted molar refractivity (Wildman–Crippen MR) is 135 cm³/mol.